The van der Waals surface area contributed by atoms with E-state index >= 15 is 0 Å². The Balaban J connectivity index is 2.22. The minimum atomic E-state index is -0.695. The lowest BCUT2D eigenvalue weighted by atomic mass is 9.95. The van der Waals surface area contributed by atoms with Crippen molar-refractivity contribution in [3.8, 4) is 5.75 Å². The van der Waals surface area contributed by atoms with E-state index in [1.165, 1.54) is 0 Å². The highest BCUT2D eigenvalue weighted by molar-refractivity contribution is 5.99. The van der Waals surface area contributed by atoms with E-state index in [4.69, 9.17) is 4.74 Å². The van der Waals surface area contributed by atoms with Crippen LogP contribution in [0.1, 0.15) is 19.4 Å². The summed E-state index contributed by atoms with van der Waals surface area (Å²) >= 11 is 0. The Morgan fingerprint density at radius 2 is 2.00 bits per heavy atom. The van der Waals surface area contributed by atoms with Crippen LogP contribution in [-0.2, 0) is 16.0 Å². The molecule has 18 heavy (non-hydrogen) atoms. The average Bonchev–Trinajstić information content (AvgIpc) is 2.39. The first-order valence-corrected chi connectivity index (χ1v) is 6.25. The van der Waals surface area contributed by atoms with Gasteiger partial charge in [-0.1, -0.05) is 18.2 Å². The molecule has 1 aromatic carbocycles. The van der Waals surface area contributed by atoms with Crippen LogP contribution in [0.5, 0.6) is 5.75 Å². The minimum Gasteiger partial charge on any atom is -0.426 e. The third-order valence-corrected chi connectivity index (χ3v) is 3.26. The van der Waals surface area contributed by atoms with E-state index in [1.807, 2.05) is 32.0 Å². The number of ether oxygens (including phenoxy) is 1. The second kappa shape index (κ2) is 5.21. The number of carbonyl (C=O) groups excluding carboxylic acids is 2. The number of amides is 1. The summed E-state index contributed by atoms with van der Waals surface area (Å²) in [5.74, 6) is -0.698. The van der Waals surface area contributed by atoms with Crippen LogP contribution < -0.4 is 4.74 Å². The maximum atomic E-state index is 12.2. The highest BCUT2D eigenvalue weighted by Crippen LogP contribution is 2.28. The van der Waals surface area contributed by atoms with Gasteiger partial charge in [0.05, 0.1) is 0 Å². The number of nitrogens with zero attached hydrogens (tertiary/aromatic N) is 1. The summed E-state index contributed by atoms with van der Waals surface area (Å²) in [5, 5.41) is 0. The fourth-order valence-corrected chi connectivity index (χ4v) is 2.20. The molecular weight excluding hydrogens is 230 g/mol. The van der Waals surface area contributed by atoms with Crippen LogP contribution >= 0.6 is 0 Å². The van der Waals surface area contributed by atoms with Crippen molar-refractivity contribution in [2.45, 2.75) is 20.3 Å². The van der Waals surface area contributed by atoms with Crippen LogP contribution in [-0.4, -0.2) is 29.9 Å². The largest absolute Gasteiger partial charge is 0.426 e. The Kier molecular flexibility index (Phi) is 3.65. The molecule has 0 spiro atoms. The number of rotatable bonds is 3. The Labute approximate surface area is 107 Å². The summed E-state index contributed by atoms with van der Waals surface area (Å²) in [5.41, 5.74) is 0.919. The molecule has 1 heterocycles. The molecule has 4 nitrogen and oxygen atoms in total. The molecule has 0 N–H and O–H groups in total. The third kappa shape index (κ3) is 2.23. The van der Waals surface area contributed by atoms with Gasteiger partial charge in [0, 0.05) is 13.1 Å². The molecule has 4 heteroatoms. The third-order valence-electron chi connectivity index (χ3n) is 3.26. The molecule has 0 fully saturated rings. The first-order valence-electron chi connectivity index (χ1n) is 6.25. The number of benzene rings is 1. The Bertz CT molecular complexity index is 466. The van der Waals surface area contributed by atoms with Gasteiger partial charge in [-0.2, -0.15) is 0 Å². The second-order valence-electron chi connectivity index (χ2n) is 4.30. The number of hydrogen-bond acceptors (Lipinski definition) is 3. The standard InChI is InChI=1S/C14H17NO3/c1-3-15(4-2)13(16)11-9-10-7-5-6-8-12(10)18-14(11)17/h5-8,11H,3-4,9H2,1-2H3. The quantitative estimate of drug-likeness (QED) is 0.463. The van der Waals surface area contributed by atoms with E-state index < -0.39 is 11.9 Å². The van der Waals surface area contributed by atoms with Crippen LogP contribution in [0, 0.1) is 5.92 Å². The zero-order chi connectivity index (χ0) is 13.1. The van der Waals surface area contributed by atoms with Crippen molar-refractivity contribution >= 4 is 11.9 Å². The van der Waals surface area contributed by atoms with Crippen molar-refractivity contribution in [3.63, 3.8) is 0 Å². The van der Waals surface area contributed by atoms with Crippen LogP contribution in [0.15, 0.2) is 24.3 Å². The highest BCUT2D eigenvalue weighted by Gasteiger charge is 2.35. The molecule has 1 unspecified atom stereocenters. The van der Waals surface area contributed by atoms with Gasteiger partial charge in [-0.05, 0) is 31.9 Å². The molecule has 2 rings (SSSR count). The molecule has 0 saturated heterocycles. The van der Waals surface area contributed by atoms with E-state index in [2.05, 4.69) is 0 Å². The number of fused-ring (bicyclic) bond motifs is 1. The van der Waals surface area contributed by atoms with Crippen molar-refractivity contribution in [2.24, 2.45) is 5.92 Å². The Morgan fingerprint density at radius 3 is 2.67 bits per heavy atom. The summed E-state index contributed by atoms with van der Waals surface area (Å²) < 4.78 is 5.22. The van der Waals surface area contributed by atoms with Gasteiger partial charge in [-0.25, -0.2) is 0 Å². The summed E-state index contributed by atoms with van der Waals surface area (Å²) in [7, 11) is 0. The molecule has 1 amide bonds. The summed E-state index contributed by atoms with van der Waals surface area (Å²) in [6.07, 6.45) is 0.435. The van der Waals surface area contributed by atoms with Gasteiger partial charge in [0.2, 0.25) is 5.91 Å². The molecule has 0 saturated carbocycles. The second-order valence-corrected chi connectivity index (χ2v) is 4.30. The minimum absolute atomic E-state index is 0.139. The van der Waals surface area contributed by atoms with Gasteiger partial charge in [0.1, 0.15) is 11.7 Å². The fraction of sp³-hybridized carbons (Fsp3) is 0.429. The van der Waals surface area contributed by atoms with Crippen molar-refractivity contribution < 1.29 is 14.3 Å². The molecule has 1 aromatic rings. The highest BCUT2D eigenvalue weighted by atomic mass is 16.5. The van der Waals surface area contributed by atoms with Gasteiger partial charge >= 0.3 is 5.97 Å². The van der Waals surface area contributed by atoms with Gasteiger partial charge in [0.25, 0.3) is 0 Å². The summed E-state index contributed by atoms with van der Waals surface area (Å²) in [6, 6.07) is 7.35. The maximum Gasteiger partial charge on any atom is 0.324 e. The first-order chi connectivity index (χ1) is 8.67. The van der Waals surface area contributed by atoms with Crippen LogP contribution in [0.25, 0.3) is 0 Å². The van der Waals surface area contributed by atoms with Crippen molar-refractivity contribution in [3.05, 3.63) is 29.8 Å². The fourth-order valence-electron chi connectivity index (χ4n) is 2.20. The zero-order valence-electron chi connectivity index (χ0n) is 10.7. The topological polar surface area (TPSA) is 46.6 Å². The molecule has 1 aliphatic heterocycles. The molecule has 0 radical (unpaired) electrons. The summed E-state index contributed by atoms with van der Waals surface area (Å²) in [4.78, 5) is 25.7. The van der Waals surface area contributed by atoms with Gasteiger partial charge in [-0.3, -0.25) is 9.59 Å². The Morgan fingerprint density at radius 1 is 1.33 bits per heavy atom. The van der Waals surface area contributed by atoms with E-state index in [9.17, 15) is 9.59 Å². The smallest absolute Gasteiger partial charge is 0.324 e. The SMILES string of the molecule is CCN(CC)C(=O)C1Cc2ccccc2OC1=O. The molecular formula is C14H17NO3. The van der Waals surface area contributed by atoms with Gasteiger partial charge in [0.15, 0.2) is 0 Å². The van der Waals surface area contributed by atoms with E-state index in [1.54, 1.807) is 11.0 Å². The van der Waals surface area contributed by atoms with Crippen LogP contribution in [0.2, 0.25) is 0 Å². The first kappa shape index (κ1) is 12.6. The van der Waals surface area contributed by atoms with E-state index in [0.29, 0.717) is 25.3 Å². The van der Waals surface area contributed by atoms with Crippen molar-refractivity contribution in [1.82, 2.24) is 4.90 Å². The lowest BCUT2D eigenvalue weighted by Gasteiger charge is -2.27. The molecule has 0 aliphatic carbocycles. The van der Waals surface area contributed by atoms with Gasteiger partial charge in [-0.15, -0.1) is 0 Å². The monoisotopic (exact) mass is 247 g/mol. The number of para-hydroxylation sites is 1. The summed E-state index contributed by atoms with van der Waals surface area (Å²) in [6.45, 7) is 5.04. The number of carbonyl (C=O) groups is 2. The van der Waals surface area contributed by atoms with Gasteiger partial charge < -0.3 is 9.64 Å². The molecule has 0 bridgehead atoms. The maximum absolute atomic E-state index is 12.2. The lowest BCUT2D eigenvalue weighted by molar-refractivity contribution is -0.150. The molecule has 0 aromatic heterocycles. The Hall–Kier alpha value is -1.84. The van der Waals surface area contributed by atoms with Crippen molar-refractivity contribution in [2.75, 3.05) is 13.1 Å². The van der Waals surface area contributed by atoms with Crippen LogP contribution in [0.4, 0.5) is 0 Å². The zero-order valence-corrected chi connectivity index (χ0v) is 10.7. The number of esters is 1. The predicted octanol–water partition coefficient (Wildman–Crippen LogP) is 1.63. The van der Waals surface area contributed by atoms with E-state index in [-0.39, 0.29) is 5.91 Å². The average molecular weight is 247 g/mol. The van der Waals surface area contributed by atoms with Crippen LogP contribution in [0.3, 0.4) is 0 Å². The number of hydrogen-bond donors (Lipinski definition) is 0. The van der Waals surface area contributed by atoms with Crippen molar-refractivity contribution in [1.29, 1.82) is 0 Å². The molecule has 1 aliphatic rings. The predicted molar refractivity (Wildman–Crippen MR) is 67.2 cm³/mol. The lowest BCUT2D eigenvalue weighted by Crippen LogP contribution is -2.43. The normalized spacial score (nSPS) is 17.9. The van der Waals surface area contributed by atoms with E-state index in [0.717, 1.165) is 5.56 Å². The molecule has 1 atom stereocenters. The molecule has 96 valence electrons.